The number of fused-ring (bicyclic) bond motifs is 1. The number of aromatic amines is 1. The first-order valence-electron chi connectivity index (χ1n) is 14.0. The van der Waals surface area contributed by atoms with Crippen molar-refractivity contribution in [1.82, 2.24) is 19.5 Å². The first-order valence-corrected chi connectivity index (χ1v) is 15.9. The molecule has 0 bridgehead atoms. The Labute approximate surface area is 264 Å². The Balaban J connectivity index is 1.49. The Bertz CT molecular complexity index is 1760. The van der Waals surface area contributed by atoms with Gasteiger partial charge in [-0.1, -0.05) is 24.4 Å². The van der Waals surface area contributed by atoms with E-state index in [-0.39, 0.29) is 16.1 Å². The molecule has 0 aliphatic carbocycles. The monoisotopic (exact) mass is 656 g/mol. The van der Waals surface area contributed by atoms with E-state index in [2.05, 4.69) is 15.0 Å². The van der Waals surface area contributed by atoms with Crippen molar-refractivity contribution >= 4 is 43.1 Å². The van der Waals surface area contributed by atoms with E-state index in [1.165, 1.54) is 26.5 Å². The fourth-order valence-corrected chi connectivity index (χ4v) is 6.65. The van der Waals surface area contributed by atoms with Crippen LogP contribution < -0.4 is 9.05 Å². The summed E-state index contributed by atoms with van der Waals surface area (Å²) in [6, 6.07) is 10.7. The Morgan fingerprint density at radius 2 is 1.42 bits per heavy atom. The second-order valence-corrected chi connectivity index (χ2v) is 12.7. The molecule has 2 aromatic carbocycles. The summed E-state index contributed by atoms with van der Waals surface area (Å²) in [5, 5.41) is 0. The quantitative estimate of drug-likeness (QED) is 0.125. The summed E-state index contributed by atoms with van der Waals surface area (Å²) >= 11 is 5.28. The molecule has 1 aliphatic heterocycles. The second-order valence-electron chi connectivity index (χ2n) is 10.8. The maximum absolute atomic E-state index is 14.3. The number of phosphoric acid groups is 1. The third kappa shape index (κ3) is 7.59. The molecular weight excluding hydrogens is 623 g/mol. The number of carbonyl (C=O) groups is 2. The van der Waals surface area contributed by atoms with Gasteiger partial charge in [0.15, 0.2) is 23.1 Å². The van der Waals surface area contributed by atoms with Gasteiger partial charge in [0.1, 0.15) is 28.8 Å². The lowest BCUT2D eigenvalue weighted by molar-refractivity contribution is -0.165. The zero-order chi connectivity index (χ0) is 32.5. The summed E-state index contributed by atoms with van der Waals surface area (Å²) in [5.41, 5.74) is 4.34. The molecule has 5 rings (SSSR count). The molecule has 1 aliphatic rings. The minimum atomic E-state index is -4.40. The number of rotatable bonds is 10. The van der Waals surface area contributed by atoms with E-state index < -0.39 is 50.9 Å². The van der Waals surface area contributed by atoms with E-state index in [0.717, 1.165) is 22.3 Å². The zero-order valence-corrected chi connectivity index (χ0v) is 27.2. The maximum Gasteiger partial charge on any atom is 0.587 e. The lowest BCUT2D eigenvalue weighted by Gasteiger charge is -2.25. The van der Waals surface area contributed by atoms with Crippen molar-refractivity contribution in [2.24, 2.45) is 0 Å². The number of phosphoric ester groups is 1. The molecule has 2 aromatic heterocycles. The summed E-state index contributed by atoms with van der Waals surface area (Å²) in [5.74, 6) is -0.762. The third-order valence-electron chi connectivity index (χ3n) is 6.76. The lowest BCUT2D eigenvalue weighted by atomic mass is 10.1. The summed E-state index contributed by atoms with van der Waals surface area (Å²) in [6.07, 6.45) is -1.63. The van der Waals surface area contributed by atoms with Gasteiger partial charge in [-0.2, -0.15) is 0 Å². The highest BCUT2D eigenvalue weighted by atomic mass is 32.1. The molecule has 0 saturated carbocycles. The van der Waals surface area contributed by atoms with E-state index in [1.807, 2.05) is 39.8 Å². The molecular formula is C30H33N4O9PS. The van der Waals surface area contributed by atoms with Crippen LogP contribution in [0.2, 0.25) is 0 Å². The first kappa shape index (κ1) is 32.3. The van der Waals surface area contributed by atoms with Crippen LogP contribution >= 0.6 is 20.0 Å². The van der Waals surface area contributed by atoms with Gasteiger partial charge in [0.05, 0.1) is 19.3 Å². The average Bonchev–Trinajstić information content (AvgIpc) is 3.48. The van der Waals surface area contributed by atoms with Crippen LogP contribution in [0, 0.1) is 32.3 Å². The first-order chi connectivity index (χ1) is 21.3. The molecule has 3 heterocycles. The molecule has 1 N–H and O–H groups in total. The average molecular weight is 657 g/mol. The third-order valence-corrected chi connectivity index (χ3v) is 8.40. The number of ether oxygens (including phenoxy) is 3. The van der Waals surface area contributed by atoms with Crippen molar-refractivity contribution in [3.8, 4) is 11.5 Å². The summed E-state index contributed by atoms with van der Waals surface area (Å²) < 4.78 is 51.3. The lowest BCUT2D eigenvalue weighted by Crippen LogP contribution is -2.40. The van der Waals surface area contributed by atoms with Crippen molar-refractivity contribution in [3.05, 3.63) is 75.9 Å². The summed E-state index contributed by atoms with van der Waals surface area (Å²) in [4.78, 5) is 35.8. The largest absolute Gasteiger partial charge is 0.587 e. The standard InChI is InChI=1S/C30H33N4O9PS/c1-16-7-17(2)10-22(9-16)42-44(37,43-23-11-18(3)8-19(4)12-23)38-13-24-26(39-20(5)35)27(40-21(6)36)30(41-24)34-15-33-25-28(34)31-14-32-29(25)45/h7-12,14-15,24,26-27,30H,13H2,1-6H3,(H,31,32,45)/t24-,26-,27-,30-/m1/s1. The maximum atomic E-state index is 14.3. The molecule has 0 unspecified atom stereocenters. The van der Waals surface area contributed by atoms with Crippen LogP contribution in [0.5, 0.6) is 11.5 Å². The molecule has 4 atom stereocenters. The number of hydrogen-bond donors (Lipinski definition) is 1. The Hall–Kier alpha value is -4.10. The van der Waals surface area contributed by atoms with Crippen LogP contribution in [0.4, 0.5) is 0 Å². The second kappa shape index (κ2) is 13.1. The van der Waals surface area contributed by atoms with Crippen LogP contribution in [-0.4, -0.2) is 56.4 Å². The minimum Gasteiger partial charge on any atom is -0.456 e. The van der Waals surface area contributed by atoms with Crippen LogP contribution in [-0.2, 0) is 32.9 Å². The van der Waals surface area contributed by atoms with Crippen molar-refractivity contribution in [3.63, 3.8) is 0 Å². The summed E-state index contributed by atoms with van der Waals surface area (Å²) in [7, 11) is -4.40. The van der Waals surface area contributed by atoms with Crippen LogP contribution in [0.25, 0.3) is 11.2 Å². The van der Waals surface area contributed by atoms with Gasteiger partial charge in [-0.15, -0.1) is 0 Å². The number of aryl methyl sites for hydroxylation is 4. The number of H-pyrrole nitrogens is 1. The van der Waals surface area contributed by atoms with Crippen LogP contribution in [0.3, 0.4) is 0 Å². The highest BCUT2D eigenvalue weighted by molar-refractivity contribution is 7.71. The predicted octanol–water partition coefficient (Wildman–Crippen LogP) is 5.77. The summed E-state index contributed by atoms with van der Waals surface area (Å²) in [6.45, 7) is 9.51. The van der Waals surface area contributed by atoms with Gasteiger partial charge in [0, 0.05) is 13.8 Å². The number of carbonyl (C=O) groups excluding carboxylic acids is 2. The smallest absolute Gasteiger partial charge is 0.456 e. The number of imidazole rings is 1. The van der Waals surface area contributed by atoms with Crippen molar-refractivity contribution in [1.29, 1.82) is 0 Å². The number of hydrogen-bond acceptors (Lipinski definition) is 12. The highest BCUT2D eigenvalue weighted by Gasteiger charge is 2.51. The number of aromatic nitrogens is 4. The van der Waals surface area contributed by atoms with E-state index in [4.69, 9.17) is 40.0 Å². The SMILES string of the molecule is CC(=O)O[C@@H]1[C@H](OC(C)=O)[C@@H](COP(=O)(Oc2cc(C)cc(C)c2)Oc2cc(C)cc(C)c2)O[C@H]1n1cnc2c(=S)nc[nH]c21. The van der Waals surface area contributed by atoms with Crippen molar-refractivity contribution in [2.45, 2.75) is 66.1 Å². The molecule has 4 aromatic rings. The molecule has 15 heteroatoms. The van der Waals surface area contributed by atoms with Gasteiger partial charge in [-0.25, -0.2) is 14.5 Å². The molecule has 1 fully saturated rings. The zero-order valence-electron chi connectivity index (χ0n) is 25.5. The highest BCUT2D eigenvalue weighted by Crippen LogP contribution is 2.51. The van der Waals surface area contributed by atoms with Crippen molar-refractivity contribution < 1.29 is 41.9 Å². The minimum absolute atomic E-state index is 0.244. The van der Waals surface area contributed by atoms with Crippen LogP contribution in [0.1, 0.15) is 42.3 Å². The number of esters is 2. The van der Waals surface area contributed by atoms with E-state index in [9.17, 15) is 14.2 Å². The molecule has 0 radical (unpaired) electrons. The molecule has 0 spiro atoms. The number of nitrogens with one attached hydrogen (secondary N) is 1. The van der Waals surface area contributed by atoms with Gasteiger partial charge in [0.2, 0.25) is 0 Å². The number of benzene rings is 2. The van der Waals surface area contributed by atoms with Gasteiger partial charge >= 0.3 is 19.8 Å². The molecule has 1 saturated heterocycles. The van der Waals surface area contributed by atoms with Crippen molar-refractivity contribution in [2.75, 3.05) is 6.61 Å². The Morgan fingerprint density at radius 3 is 1.96 bits per heavy atom. The molecule has 238 valence electrons. The number of nitrogens with zero attached hydrogens (tertiary/aromatic N) is 3. The van der Waals surface area contributed by atoms with Gasteiger partial charge < -0.3 is 28.2 Å². The van der Waals surface area contributed by atoms with E-state index in [1.54, 1.807) is 28.8 Å². The van der Waals surface area contributed by atoms with Crippen LogP contribution in [0.15, 0.2) is 49.1 Å². The normalized spacial score (nSPS) is 19.8. The Morgan fingerprint density at radius 1 is 0.889 bits per heavy atom. The predicted molar refractivity (Wildman–Crippen MR) is 164 cm³/mol. The molecule has 13 nitrogen and oxygen atoms in total. The molecule has 45 heavy (non-hydrogen) atoms. The topological polar surface area (TPSA) is 153 Å². The molecule has 0 amide bonds. The fraction of sp³-hybridized carbons (Fsp3) is 0.367. The van der Waals surface area contributed by atoms with E-state index >= 15 is 0 Å². The fourth-order valence-electron chi connectivity index (χ4n) is 5.25. The van der Waals surface area contributed by atoms with E-state index in [0.29, 0.717) is 11.2 Å². The Kier molecular flexibility index (Phi) is 9.40. The van der Waals surface area contributed by atoms with Gasteiger partial charge in [-0.05, 0) is 74.2 Å². The van der Waals surface area contributed by atoms with Gasteiger partial charge in [-0.3, -0.25) is 18.7 Å². The van der Waals surface area contributed by atoms with Gasteiger partial charge in [0.25, 0.3) is 0 Å².